The van der Waals surface area contributed by atoms with Gasteiger partial charge in [0.25, 0.3) is 12.3 Å². The zero-order valence-corrected chi connectivity index (χ0v) is 11.2. The third-order valence-corrected chi connectivity index (χ3v) is 3.30. The normalized spacial score (nSPS) is 10.8. The van der Waals surface area contributed by atoms with Gasteiger partial charge in [-0.2, -0.15) is 11.3 Å². The number of rotatable bonds is 5. The van der Waals surface area contributed by atoms with Crippen LogP contribution in [0.15, 0.2) is 10.8 Å². The molecular weight excluding hydrogens is 300 g/mol. The molecular formula is C10H12BrF2NOS. The Labute approximate surface area is 105 Å². The highest BCUT2D eigenvalue weighted by Gasteiger charge is 2.20. The molecule has 0 spiro atoms. The molecule has 0 N–H and O–H groups in total. The predicted molar refractivity (Wildman–Crippen MR) is 64.8 cm³/mol. The van der Waals surface area contributed by atoms with Crippen LogP contribution in [0.5, 0.6) is 0 Å². The lowest BCUT2D eigenvalue weighted by Crippen LogP contribution is -2.36. The van der Waals surface area contributed by atoms with Crippen molar-refractivity contribution in [1.29, 1.82) is 0 Å². The number of alkyl halides is 3. The van der Waals surface area contributed by atoms with E-state index in [0.717, 1.165) is 5.56 Å². The summed E-state index contributed by atoms with van der Waals surface area (Å²) in [5.41, 5.74) is 1.36. The van der Waals surface area contributed by atoms with Gasteiger partial charge in [0.15, 0.2) is 0 Å². The maximum absolute atomic E-state index is 12.3. The number of halogens is 3. The number of nitrogens with zero attached hydrogens (tertiary/aromatic N) is 1. The first-order valence-electron chi connectivity index (χ1n) is 4.72. The highest BCUT2D eigenvalue weighted by molar-refractivity contribution is 9.09. The van der Waals surface area contributed by atoms with E-state index in [0.29, 0.717) is 17.4 Å². The number of hydrogen-bond acceptors (Lipinski definition) is 2. The van der Waals surface area contributed by atoms with Crippen LogP contribution in [0.2, 0.25) is 0 Å². The van der Waals surface area contributed by atoms with Crippen LogP contribution >= 0.6 is 27.3 Å². The smallest absolute Gasteiger partial charge is 0.255 e. The van der Waals surface area contributed by atoms with Gasteiger partial charge in [-0.3, -0.25) is 4.79 Å². The molecule has 16 heavy (non-hydrogen) atoms. The van der Waals surface area contributed by atoms with Crippen LogP contribution in [0, 0.1) is 6.92 Å². The Kier molecular flexibility index (Phi) is 5.34. The van der Waals surface area contributed by atoms with E-state index < -0.39 is 13.0 Å². The van der Waals surface area contributed by atoms with Gasteiger partial charge in [-0.15, -0.1) is 0 Å². The van der Waals surface area contributed by atoms with Crippen molar-refractivity contribution in [3.05, 3.63) is 21.9 Å². The fourth-order valence-corrected chi connectivity index (χ4v) is 2.54. The summed E-state index contributed by atoms with van der Waals surface area (Å²) in [4.78, 5) is 13.1. The van der Waals surface area contributed by atoms with Crippen molar-refractivity contribution in [2.45, 2.75) is 13.3 Å². The molecule has 1 rings (SSSR count). The third-order valence-electron chi connectivity index (χ3n) is 2.09. The molecule has 2 nitrogen and oxygen atoms in total. The number of amides is 1. The number of hydrogen-bond donors (Lipinski definition) is 0. The van der Waals surface area contributed by atoms with Crippen molar-refractivity contribution in [3.8, 4) is 0 Å². The largest absolute Gasteiger partial charge is 0.332 e. The molecule has 1 heterocycles. The Hall–Kier alpha value is -0.490. The Morgan fingerprint density at radius 2 is 2.25 bits per heavy atom. The average molecular weight is 312 g/mol. The van der Waals surface area contributed by atoms with Gasteiger partial charge in [0.05, 0.1) is 12.1 Å². The van der Waals surface area contributed by atoms with E-state index in [-0.39, 0.29) is 5.91 Å². The first-order valence-corrected chi connectivity index (χ1v) is 6.79. The van der Waals surface area contributed by atoms with Crippen LogP contribution in [0.4, 0.5) is 8.78 Å². The summed E-state index contributed by atoms with van der Waals surface area (Å²) in [6.45, 7) is 1.58. The summed E-state index contributed by atoms with van der Waals surface area (Å²) in [5.74, 6) is -0.321. The van der Waals surface area contributed by atoms with Gasteiger partial charge in [0, 0.05) is 17.3 Å². The quantitative estimate of drug-likeness (QED) is 0.765. The molecule has 0 aliphatic heterocycles. The van der Waals surface area contributed by atoms with Crippen molar-refractivity contribution in [1.82, 2.24) is 4.90 Å². The number of carbonyl (C=O) groups excluding carboxylic acids is 1. The zero-order chi connectivity index (χ0) is 12.1. The fourth-order valence-electron chi connectivity index (χ4n) is 1.29. The summed E-state index contributed by atoms with van der Waals surface area (Å²) in [6, 6.07) is 0. The van der Waals surface area contributed by atoms with E-state index in [1.54, 1.807) is 12.3 Å². The number of aryl methyl sites for hydroxylation is 1. The molecule has 0 saturated heterocycles. The summed E-state index contributed by atoms with van der Waals surface area (Å²) < 4.78 is 24.6. The van der Waals surface area contributed by atoms with Gasteiger partial charge >= 0.3 is 0 Å². The minimum Gasteiger partial charge on any atom is -0.332 e. The molecule has 0 aliphatic rings. The van der Waals surface area contributed by atoms with Gasteiger partial charge < -0.3 is 4.90 Å². The minimum absolute atomic E-state index is 0.290. The first-order chi connectivity index (χ1) is 7.56. The lowest BCUT2D eigenvalue weighted by atomic mass is 10.2. The van der Waals surface area contributed by atoms with Crippen LogP contribution in [-0.4, -0.2) is 35.7 Å². The molecule has 0 bridgehead atoms. The molecule has 0 aromatic carbocycles. The molecule has 0 unspecified atom stereocenters. The predicted octanol–water partition coefficient (Wildman–Crippen LogP) is 3.16. The molecule has 1 aromatic heterocycles. The lowest BCUT2D eigenvalue weighted by Gasteiger charge is -2.21. The summed E-state index contributed by atoms with van der Waals surface area (Å²) >= 11 is 4.56. The van der Waals surface area contributed by atoms with E-state index in [9.17, 15) is 13.6 Å². The second-order valence-corrected chi connectivity index (χ2v) is 4.84. The summed E-state index contributed by atoms with van der Waals surface area (Å²) in [6.07, 6.45) is -2.50. The van der Waals surface area contributed by atoms with E-state index in [1.165, 1.54) is 16.2 Å². The highest BCUT2D eigenvalue weighted by Crippen LogP contribution is 2.16. The van der Waals surface area contributed by atoms with Gasteiger partial charge in [-0.1, -0.05) is 15.9 Å². The monoisotopic (exact) mass is 311 g/mol. The van der Waals surface area contributed by atoms with Crippen molar-refractivity contribution >= 4 is 33.2 Å². The Morgan fingerprint density at radius 3 is 2.69 bits per heavy atom. The van der Waals surface area contributed by atoms with E-state index in [2.05, 4.69) is 15.9 Å². The van der Waals surface area contributed by atoms with Gasteiger partial charge in [0.2, 0.25) is 0 Å². The molecule has 0 radical (unpaired) electrons. The minimum atomic E-state index is -2.50. The second-order valence-electron chi connectivity index (χ2n) is 3.30. The molecule has 0 aliphatic carbocycles. The summed E-state index contributed by atoms with van der Waals surface area (Å²) in [5, 5.41) is 4.03. The van der Waals surface area contributed by atoms with Crippen LogP contribution in [0.1, 0.15) is 15.9 Å². The molecule has 0 fully saturated rings. The Morgan fingerprint density at radius 1 is 1.56 bits per heavy atom. The standard InChI is InChI=1S/C10H12BrF2NOS/c1-7-5-16-6-8(7)10(15)14(3-2-11)4-9(12)13/h5-6,9H,2-4H2,1H3. The molecule has 0 atom stereocenters. The lowest BCUT2D eigenvalue weighted by molar-refractivity contribution is 0.0572. The SMILES string of the molecule is Cc1cscc1C(=O)N(CCBr)CC(F)F. The maximum atomic E-state index is 12.3. The van der Waals surface area contributed by atoms with Crippen molar-refractivity contribution in [2.24, 2.45) is 0 Å². The van der Waals surface area contributed by atoms with Crippen LogP contribution in [-0.2, 0) is 0 Å². The molecule has 90 valence electrons. The number of thiophene rings is 1. The zero-order valence-electron chi connectivity index (χ0n) is 8.75. The van der Waals surface area contributed by atoms with Gasteiger partial charge in [-0.05, 0) is 17.9 Å². The van der Waals surface area contributed by atoms with Crippen LogP contribution in [0.25, 0.3) is 0 Å². The second kappa shape index (κ2) is 6.30. The molecule has 1 aromatic rings. The van der Waals surface area contributed by atoms with Crippen molar-refractivity contribution in [2.75, 3.05) is 18.4 Å². The third kappa shape index (κ3) is 3.52. The molecule has 6 heteroatoms. The average Bonchev–Trinajstić information content (AvgIpc) is 2.62. The van der Waals surface area contributed by atoms with Crippen LogP contribution < -0.4 is 0 Å². The van der Waals surface area contributed by atoms with Crippen molar-refractivity contribution < 1.29 is 13.6 Å². The van der Waals surface area contributed by atoms with E-state index in [1.807, 2.05) is 5.38 Å². The fraction of sp³-hybridized carbons (Fsp3) is 0.500. The molecule has 1 amide bonds. The van der Waals surface area contributed by atoms with Crippen molar-refractivity contribution in [3.63, 3.8) is 0 Å². The van der Waals surface area contributed by atoms with E-state index >= 15 is 0 Å². The summed E-state index contributed by atoms with van der Waals surface area (Å²) in [7, 11) is 0. The Balaban J connectivity index is 2.78. The van der Waals surface area contributed by atoms with Gasteiger partial charge in [0.1, 0.15) is 0 Å². The number of carbonyl (C=O) groups is 1. The highest BCUT2D eigenvalue weighted by atomic mass is 79.9. The van der Waals surface area contributed by atoms with E-state index in [4.69, 9.17) is 0 Å². The van der Waals surface area contributed by atoms with Gasteiger partial charge in [-0.25, -0.2) is 8.78 Å². The Bertz CT molecular complexity index is 356. The molecule has 0 saturated carbocycles. The topological polar surface area (TPSA) is 20.3 Å². The first kappa shape index (κ1) is 13.6. The maximum Gasteiger partial charge on any atom is 0.255 e. The van der Waals surface area contributed by atoms with Crippen LogP contribution in [0.3, 0.4) is 0 Å².